The van der Waals surface area contributed by atoms with Gasteiger partial charge < -0.3 is 9.84 Å². The second-order valence-corrected chi connectivity index (χ2v) is 5.62. The zero-order valence-electron chi connectivity index (χ0n) is 11.6. The summed E-state index contributed by atoms with van der Waals surface area (Å²) in [6.45, 7) is 0. The number of hydrogen-bond donors (Lipinski definition) is 1. The van der Waals surface area contributed by atoms with Gasteiger partial charge in [0.15, 0.2) is 0 Å². The van der Waals surface area contributed by atoms with E-state index >= 15 is 0 Å². The fourth-order valence-corrected chi connectivity index (χ4v) is 2.23. The van der Waals surface area contributed by atoms with Crippen molar-refractivity contribution in [2.75, 3.05) is 0 Å². The lowest BCUT2D eigenvalue weighted by Gasteiger charge is -2.21. The Morgan fingerprint density at radius 2 is 1.58 bits per heavy atom. The van der Waals surface area contributed by atoms with Crippen LogP contribution >= 0.6 is 15.9 Å². The Morgan fingerprint density at radius 3 is 2.17 bits per heavy atom. The lowest BCUT2D eigenvalue weighted by Crippen LogP contribution is -2.41. The molecule has 9 heteroatoms. The van der Waals surface area contributed by atoms with Gasteiger partial charge in [0.2, 0.25) is 0 Å². The molecule has 2 aromatic rings. The first-order valence-corrected chi connectivity index (χ1v) is 7.17. The number of ether oxygens (including phenoxy) is 1. The first-order valence-electron chi connectivity index (χ1n) is 6.38. The van der Waals surface area contributed by atoms with Crippen LogP contribution in [-0.4, -0.2) is 17.4 Å². The molecule has 24 heavy (non-hydrogen) atoms. The summed E-state index contributed by atoms with van der Waals surface area (Å²) in [5, 5.41) is 10.2. The number of halogens is 7. The molecule has 0 bridgehead atoms. The molecule has 0 saturated heterocycles. The summed E-state index contributed by atoms with van der Waals surface area (Å²) in [7, 11) is 0. The van der Waals surface area contributed by atoms with Gasteiger partial charge in [-0.15, -0.1) is 0 Å². The maximum atomic E-state index is 13.2. The predicted molar refractivity (Wildman–Crippen MR) is 76.2 cm³/mol. The van der Waals surface area contributed by atoms with Crippen LogP contribution in [0.3, 0.4) is 0 Å². The van der Waals surface area contributed by atoms with Crippen LogP contribution in [0, 0.1) is 5.82 Å². The second-order valence-electron chi connectivity index (χ2n) is 4.77. The van der Waals surface area contributed by atoms with Gasteiger partial charge in [-0.25, -0.2) is 4.39 Å². The summed E-state index contributed by atoms with van der Waals surface area (Å²) in [5.41, 5.74) is 0.215. The van der Waals surface area contributed by atoms with E-state index < -0.39 is 30.0 Å². The van der Waals surface area contributed by atoms with Crippen molar-refractivity contribution in [2.45, 2.75) is 18.4 Å². The van der Waals surface area contributed by atoms with E-state index in [-0.39, 0.29) is 15.6 Å². The predicted octanol–water partition coefficient (Wildman–Crippen LogP) is 5.20. The zero-order valence-corrected chi connectivity index (χ0v) is 13.2. The van der Waals surface area contributed by atoms with Crippen molar-refractivity contribution < 1.29 is 36.2 Å². The van der Waals surface area contributed by atoms with Crippen molar-refractivity contribution in [1.29, 1.82) is 0 Å². The van der Waals surface area contributed by atoms with Crippen molar-refractivity contribution in [3.8, 4) is 5.75 Å². The first kappa shape index (κ1) is 18.6. The fourth-order valence-electron chi connectivity index (χ4n) is 1.83. The minimum atomic E-state index is -5.87. The van der Waals surface area contributed by atoms with Gasteiger partial charge in [-0.3, -0.25) is 0 Å². The van der Waals surface area contributed by atoms with Crippen LogP contribution in [0.25, 0.3) is 0 Å². The van der Waals surface area contributed by atoms with Crippen molar-refractivity contribution >= 4 is 15.9 Å². The topological polar surface area (TPSA) is 29.5 Å². The molecule has 1 unspecified atom stereocenters. The number of aliphatic hydroxyl groups excluding tert-OH is 1. The van der Waals surface area contributed by atoms with Crippen LogP contribution in [0.4, 0.5) is 26.3 Å². The normalized spacial score (nSPS) is 13.7. The quantitative estimate of drug-likeness (QED) is 0.696. The van der Waals surface area contributed by atoms with Gasteiger partial charge in [-0.1, -0.05) is 18.2 Å². The third-order valence-electron chi connectivity index (χ3n) is 3.01. The SMILES string of the molecule is OC(c1cccc(OC(F)(F)C(F)(F)F)c1)c1ccc(F)c(Br)c1. The summed E-state index contributed by atoms with van der Waals surface area (Å²) < 4.78 is 79.3. The van der Waals surface area contributed by atoms with Gasteiger partial charge in [-0.2, -0.15) is 22.0 Å². The smallest absolute Gasteiger partial charge is 0.426 e. The van der Waals surface area contributed by atoms with Crippen LogP contribution in [-0.2, 0) is 0 Å². The standard InChI is InChI=1S/C15H9BrF6O2/c16-11-7-9(4-5-12(11)17)13(23)8-2-1-3-10(6-8)24-15(21,22)14(18,19)20/h1-7,13,23H. The lowest BCUT2D eigenvalue weighted by atomic mass is 10.0. The number of benzene rings is 2. The number of alkyl halides is 5. The Bertz CT molecular complexity index is 732. The van der Waals surface area contributed by atoms with Gasteiger partial charge in [0.25, 0.3) is 0 Å². The highest BCUT2D eigenvalue weighted by Gasteiger charge is 2.61. The van der Waals surface area contributed by atoms with Crippen molar-refractivity contribution in [1.82, 2.24) is 0 Å². The molecule has 2 rings (SSSR count). The molecule has 0 spiro atoms. The van der Waals surface area contributed by atoms with E-state index in [1.165, 1.54) is 18.2 Å². The highest BCUT2D eigenvalue weighted by atomic mass is 79.9. The van der Waals surface area contributed by atoms with Crippen LogP contribution in [0.2, 0.25) is 0 Å². The molecule has 0 aliphatic heterocycles. The molecule has 0 aliphatic carbocycles. The summed E-state index contributed by atoms with van der Waals surface area (Å²) in [5.74, 6) is -1.34. The molecule has 0 amide bonds. The van der Waals surface area contributed by atoms with Gasteiger partial charge in [0.05, 0.1) is 4.47 Å². The third-order valence-corrected chi connectivity index (χ3v) is 3.62. The Labute approximate surface area is 140 Å². The summed E-state index contributed by atoms with van der Waals surface area (Å²) in [6.07, 6.45) is -12.6. The average Bonchev–Trinajstić information content (AvgIpc) is 2.48. The van der Waals surface area contributed by atoms with Gasteiger partial charge in [-0.05, 0) is 51.3 Å². The van der Waals surface area contributed by atoms with Crippen LogP contribution in [0.1, 0.15) is 17.2 Å². The maximum absolute atomic E-state index is 13.2. The lowest BCUT2D eigenvalue weighted by molar-refractivity contribution is -0.360. The zero-order chi connectivity index (χ0) is 18.1. The van der Waals surface area contributed by atoms with E-state index in [1.54, 1.807) is 0 Å². The second kappa shape index (κ2) is 6.64. The largest absolute Gasteiger partial charge is 0.499 e. The summed E-state index contributed by atoms with van der Waals surface area (Å²) >= 11 is 2.93. The third kappa shape index (κ3) is 4.02. The molecule has 2 nitrogen and oxygen atoms in total. The fraction of sp³-hybridized carbons (Fsp3) is 0.200. The molecule has 130 valence electrons. The van der Waals surface area contributed by atoms with E-state index in [4.69, 9.17) is 0 Å². The molecule has 0 aromatic heterocycles. The van der Waals surface area contributed by atoms with E-state index in [9.17, 15) is 31.4 Å². The van der Waals surface area contributed by atoms with Crippen molar-refractivity contribution in [3.05, 3.63) is 63.9 Å². The van der Waals surface area contributed by atoms with Crippen LogP contribution < -0.4 is 4.74 Å². The van der Waals surface area contributed by atoms with E-state index in [1.807, 2.05) is 0 Å². The molecule has 0 heterocycles. The van der Waals surface area contributed by atoms with Crippen LogP contribution in [0.15, 0.2) is 46.9 Å². The van der Waals surface area contributed by atoms with Gasteiger partial charge >= 0.3 is 12.3 Å². The average molecular weight is 415 g/mol. The number of rotatable bonds is 4. The number of hydrogen-bond acceptors (Lipinski definition) is 2. The highest BCUT2D eigenvalue weighted by molar-refractivity contribution is 9.10. The molecule has 0 fully saturated rings. The minimum Gasteiger partial charge on any atom is -0.426 e. The summed E-state index contributed by atoms with van der Waals surface area (Å²) in [6, 6.07) is 7.79. The molecular formula is C15H9BrF6O2. The molecule has 0 saturated carbocycles. The maximum Gasteiger partial charge on any atom is 0.499 e. The Morgan fingerprint density at radius 1 is 0.958 bits per heavy atom. The molecule has 1 atom stereocenters. The molecule has 2 aromatic carbocycles. The molecular weight excluding hydrogens is 406 g/mol. The Hall–Kier alpha value is -1.74. The Kier molecular flexibility index (Phi) is 5.14. The van der Waals surface area contributed by atoms with Crippen molar-refractivity contribution in [3.63, 3.8) is 0 Å². The highest BCUT2D eigenvalue weighted by Crippen LogP contribution is 2.38. The molecule has 1 N–H and O–H groups in total. The minimum absolute atomic E-state index is 0.00369. The van der Waals surface area contributed by atoms with Gasteiger partial charge in [0, 0.05) is 0 Å². The Balaban J connectivity index is 2.28. The molecule has 0 radical (unpaired) electrons. The first-order chi connectivity index (χ1) is 11.0. The van der Waals surface area contributed by atoms with E-state index in [2.05, 4.69) is 20.7 Å². The van der Waals surface area contributed by atoms with Crippen molar-refractivity contribution in [2.24, 2.45) is 0 Å². The van der Waals surface area contributed by atoms with E-state index in [0.717, 1.165) is 24.3 Å². The monoisotopic (exact) mass is 414 g/mol. The summed E-state index contributed by atoms with van der Waals surface area (Å²) in [4.78, 5) is 0. The van der Waals surface area contributed by atoms with Gasteiger partial charge in [0.1, 0.15) is 17.7 Å². The van der Waals surface area contributed by atoms with Crippen LogP contribution in [0.5, 0.6) is 5.75 Å². The van der Waals surface area contributed by atoms with E-state index in [0.29, 0.717) is 0 Å². The molecule has 0 aliphatic rings. The number of aliphatic hydroxyl groups is 1.